The zero-order chi connectivity index (χ0) is 20.8. The molecule has 3 unspecified atom stereocenters. The molecule has 0 amide bonds. The van der Waals surface area contributed by atoms with Crippen molar-refractivity contribution in [2.24, 2.45) is 23.7 Å². The molecule has 0 aromatic rings. The minimum Gasteiger partial charge on any atom is -0.348 e. The van der Waals surface area contributed by atoms with E-state index in [1.807, 2.05) is 0 Å². The molecule has 1 aliphatic carbocycles. The van der Waals surface area contributed by atoms with Crippen LogP contribution in [0.4, 0.5) is 0 Å². The fourth-order valence-corrected chi connectivity index (χ4v) is 6.39. The van der Waals surface area contributed by atoms with E-state index in [9.17, 15) is 0 Å². The number of allylic oxidation sites excluding steroid dienone is 2. The summed E-state index contributed by atoms with van der Waals surface area (Å²) < 4.78 is 24.0. The Hall–Kier alpha value is -0.0700. The molecule has 4 aliphatic rings. The maximum atomic E-state index is 6.00. The van der Waals surface area contributed by atoms with Gasteiger partial charge in [-0.1, -0.05) is 18.6 Å². The highest BCUT2D eigenvalue weighted by Crippen LogP contribution is 2.33. The summed E-state index contributed by atoms with van der Waals surface area (Å²) in [6.07, 6.45) is 13.4. The maximum absolute atomic E-state index is 6.00. The minimum absolute atomic E-state index is 0.347. The molecular formula is C25H42O4S. The molecule has 0 saturated carbocycles. The highest BCUT2D eigenvalue weighted by Gasteiger charge is 2.34. The monoisotopic (exact) mass is 438 g/mol. The van der Waals surface area contributed by atoms with Gasteiger partial charge >= 0.3 is 0 Å². The van der Waals surface area contributed by atoms with Crippen molar-refractivity contribution in [3.05, 3.63) is 11.6 Å². The molecule has 0 spiro atoms. The van der Waals surface area contributed by atoms with Crippen LogP contribution < -0.4 is 0 Å². The van der Waals surface area contributed by atoms with Crippen molar-refractivity contribution in [3.8, 4) is 0 Å². The van der Waals surface area contributed by atoms with Gasteiger partial charge in [0, 0.05) is 17.1 Å². The van der Waals surface area contributed by atoms with Crippen molar-refractivity contribution in [1.82, 2.24) is 0 Å². The van der Waals surface area contributed by atoms with E-state index in [-0.39, 0.29) is 12.6 Å². The lowest BCUT2D eigenvalue weighted by molar-refractivity contribution is -0.331. The largest absolute Gasteiger partial charge is 0.348 e. The third kappa shape index (κ3) is 6.96. The maximum Gasteiger partial charge on any atom is 0.209 e. The molecule has 3 saturated heterocycles. The van der Waals surface area contributed by atoms with Gasteiger partial charge in [-0.15, -0.1) is 0 Å². The van der Waals surface area contributed by atoms with E-state index in [0.29, 0.717) is 11.8 Å². The highest BCUT2D eigenvalue weighted by molar-refractivity contribution is 7.99. The second kappa shape index (κ2) is 11.7. The van der Waals surface area contributed by atoms with Crippen LogP contribution in [-0.4, -0.2) is 50.0 Å². The van der Waals surface area contributed by atoms with Gasteiger partial charge in [0.2, 0.25) is 12.6 Å². The Balaban J connectivity index is 1.07. The van der Waals surface area contributed by atoms with Gasteiger partial charge in [0.25, 0.3) is 0 Å². The summed E-state index contributed by atoms with van der Waals surface area (Å²) in [5.41, 5.74) is 1.57. The Morgan fingerprint density at radius 3 is 1.83 bits per heavy atom. The van der Waals surface area contributed by atoms with Gasteiger partial charge in [-0.05, 0) is 82.3 Å². The third-order valence-corrected chi connectivity index (χ3v) is 8.99. The van der Waals surface area contributed by atoms with Gasteiger partial charge in [-0.3, -0.25) is 0 Å². The number of hydrogen-bond acceptors (Lipinski definition) is 5. The van der Waals surface area contributed by atoms with Crippen LogP contribution in [0.15, 0.2) is 11.6 Å². The van der Waals surface area contributed by atoms with Crippen LogP contribution >= 0.6 is 11.8 Å². The first-order chi connectivity index (χ1) is 14.7. The van der Waals surface area contributed by atoms with Crippen molar-refractivity contribution < 1.29 is 18.9 Å². The molecule has 30 heavy (non-hydrogen) atoms. The first-order valence-electron chi connectivity index (χ1n) is 12.4. The van der Waals surface area contributed by atoms with E-state index in [4.69, 9.17) is 18.9 Å². The Kier molecular flexibility index (Phi) is 9.00. The predicted molar refractivity (Wildman–Crippen MR) is 123 cm³/mol. The summed E-state index contributed by atoms with van der Waals surface area (Å²) in [6.45, 7) is 7.72. The lowest BCUT2D eigenvalue weighted by Gasteiger charge is -2.38. The normalized spacial score (nSPS) is 40.7. The number of hydrogen-bond donors (Lipinski definition) is 0. The summed E-state index contributed by atoms with van der Waals surface area (Å²) >= 11 is 2.15. The van der Waals surface area contributed by atoms with Crippen molar-refractivity contribution in [1.29, 1.82) is 0 Å². The number of ether oxygens (including phenoxy) is 4. The first-order valence-corrected chi connectivity index (χ1v) is 13.4. The zero-order valence-corrected chi connectivity index (χ0v) is 19.9. The molecule has 3 fully saturated rings. The van der Waals surface area contributed by atoms with E-state index < -0.39 is 0 Å². The fourth-order valence-electron chi connectivity index (χ4n) is 5.15. The minimum atomic E-state index is -0.348. The molecule has 3 heterocycles. The second-order valence-corrected chi connectivity index (χ2v) is 11.7. The Labute approximate surface area is 187 Å². The van der Waals surface area contributed by atoms with Gasteiger partial charge in [-0.2, -0.15) is 11.8 Å². The van der Waals surface area contributed by atoms with Crippen molar-refractivity contribution >= 4 is 11.8 Å². The van der Waals surface area contributed by atoms with Crippen LogP contribution in [0.1, 0.15) is 71.6 Å². The summed E-state index contributed by atoms with van der Waals surface area (Å²) in [4.78, 5) is 0. The van der Waals surface area contributed by atoms with Crippen LogP contribution in [-0.2, 0) is 18.9 Å². The third-order valence-electron chi connectivity index (χ3n) is 7.52. The van der Waals surface area contributed by atoms with E-state index in [2.05, 4.69) is 31.7 Å². The van der Waals surface area contributed by atoms with Crippen molar-refractivity contribution in [2.75, 3.05) is 32.2 Å². The van der Waals surface area contributed by atoms with Crippen LogP contribution in [0, 0.1) is 23.7 Å². The summed E-state index contributed by atoms with van der Waals surface area (Å²) in [5.74, 6) is 4.11. The second-order valence-electron chi connectivity index (χ2n) is 10.2. The zero-order valence-electron chi connectivity index (χ0n) is 19.1. The lowest BCUT2D eigenvalue weighted by atomic mass is 9.85. The highest BCUT2D eigenvalue weighted by atomic mass is 32.2. The van der Waals surface area contributed by atoms with E-state index >= 15 is 0 Å². The molecular weight excluding hydrogens is 396 g/mol. The van der Waals surface area contributed by atoms with Crippen LogP contribution in [0.5, 0.6) is 0 Å². The molecule has 4 rings (SSSR count). The average molecular weight is 439 g/mol. The SMILES string of the molecule is CC1=CCC(CCC2COC(C3OCC(CCC4CCC(C)SC4)CO3)OC2)CC1. The Morgan fingerprint density at radius 2 is 1.33 bits per heavy atom. The summed E-state index contributed by atoms with van der Waals surface area (Å²) in [5, 5.41) is 0.854. The van der Waals surface area contributed by atoms with E-state index in [1.165, 1.54) is 63.5 Å². The predicted octanol–water partition coefficient (Wildman–Crippen LogP) is 5.80. The fraction of sp³-hybridized carbons (Fsp3) is 0.920. The summed E-state index contributed by atoms with van der Waals surface area (Å²) in [7, 11) is 0. The first kappa shape index (κ1) is 23.1. The van der Waals surface area contributed by atoms with Gasteiger partial charge in [-0.25, -0.2) is 0 Å². The van der Waals surface area contributed by atoms with Crippen molar-refractivity contribution in [3.63, 3.8) is 0 Å². The van der Waals surface area contributed by atoms with Gasteiger partial charge in [0.1, 0.15) is 0 Å². The van der Waals surface area contributed by atoms with E-state index in [1.54, 1.807) is 5.57 Å². The number of rotatable bonds is 7. The quantitative estimate of drug-likeness (QED) is 0.469. The molecule has 0 aromatic heterocycles. The average Bonchev–Trinajstić information content (AvgIpc) is 2.79. The topological polar surface area (TPSA) is 36.9 Å². The van der Waals surface area contributed by atoms with E-state index in [0.717, 1.165) is 43.5 Å². The molecule has 0 bridgehead atoms. The molecule has 5 heteroatoms. The molecule has 3 aliphatic heterocycles. The lowest BCUT2D eigenvalue weighted by Crippen LogP contribution is -2.46. The molecule has 172 valence electrons. The van der Waals surface area contributed by atoms with Crippen molar-refractivity contribution in [2.45, 2.75) is 89.5 Å². The molecule has 4 nitrogen and oxygen atoms in total. The van der Waals surface area contributed by atoms with Crippen LogP contribution in [0.25, 0.3) is 0 Å². The van der Waals surface area contributed by atoms with Crippen LogP contribution in [0.2, 0.25) is 0 Å². The van der Waals surface area contributed by atoms with Gasteiger partial charge in [0.15, 0.2) is 0 Å². The Morgan fingerprint density at radius 1 is 0.767 bits per heavy atom. The Bertz CT molecular complexity index is 529. The molecule has 0 N–H and O–H groups in total. The smallest absolute Gasteiger partial charge is 0.209 e. The molecule has 0 aromatic carbocycles. The van der Waals surface area contributed by atoms with Gasteiger partial charge in [0.05, 0.1) is 26.4 Å². The molecule has 0 radical (unpaired) electrons. The van der Waals surface area contributed by atoms with Gasteiger partial charge < -0.3 is 18.9 Å². The molecule has 3 atom stereocenters. The number of thioether (sulfide) groups is 1. The van der Waals surface area contributed by atoms with Crippen LogP contribution in [0.3, 0.4) is 0 Å². The summed E-state index contributed by atoms with van der Waals surface area (Å²) in [6, 6.07) is 0. The standard InChI is InChI=1S/C25H42O4S/c1-18-3-6-20(7-4-18)9-11-22-13-26-24(27-14-22)25-28-15-23(16-29-25)12-10-21-8-5-19(2)30-17-21/h3,19-25H,4-17H2,1-2H3.